The molecular weight excluding hydrogens is 252 g/mol. The standard InChI is InChI=1S/C14H2N6/c15-3-9-1-11(5-17)13(7-19)14(8-20)12(6-18)2-10(9)4-16/h1-2H/b9-1-,10-2-,10-9?,11-1?,12-2?,13-11+,14-12+,14-13?. The molecule has 0 aromatic rings. The fourth-order valence-electron chi connectivity index (χ4n) is 1.45. The molecule has 1 rings (SSSR count). The molecule has 1 aliphatic carbocycles. The monoisotopic (exact) mass is 254 g/mol. The first-order chi connectivity index (χ1) is 9.66. The second kappa shape index (κ2) is 6.00. The third-order valence-electron chi connectivity index (χ3n) is 2.36. The zero-order chi connectivity index (χ0) is 15.1. The smallest absolute Gasteiger partial charge is 0.102 e. The van der Waals surface area contributed by atoms with Gasteiger partial charge >= 0.3 is 0 Å². The average Bonchev–Trinajstić information content (AvgIpc) is 2.48. The van der Waals surface area contributed by atoms with Gasteiger partial charge in [0.1, 0.15) is 36.4 Å². The minimum atomic E-state index is -0.299. The molecule has 0 saturated heterocycles. The molecule has 0 bridgehead atoms. The highest BCUT2D eigenvalue weighted by Crippen LogP contribution is 2.25. The highest BCUT2D eigenvalue weighted by Gasteiger charge is 2.19. The van der Waals surface area contributed by atoms with E-state index in [9.17, 15) is 0 Å². The third kappa shape index (κ3) is 2.27. The predicted molar refractivity (Wildman–Crippen MR) is 63.9 cm³/mol. The van der Waals surface area contributed by atoms with Crippen molar-refractivity contribution in [3.8, 4) is 36.4 Å². The summed E-state index contributed by atoms with van der Waals surface area (Å²) in [7, 11) is 0. The molecule has 0 aromatic heterocycles. The molecule has 0 saturated carbocycles. The number of nitriles is 6. The maximum atomic E-state index is 9.05. The van der Waals surface area contributed by atoms with Gasteiger partial charge < -0.3 is 0 Å². The Kier molecular flexibility index (Phi) is 4.19. The summed E-state index contributed by atoms with van der Waals surface area (Å²) >= 11 is 0. The van der Waals surface area contributed by atoms with E-state index in [2.05, 4.69) is 0 Å². The van der Waals surface area contributed by atoms with Crippen molar-refractivity contribution in [3.63, 3.8) is 0 Å². The fourth-order valence-corrected chi connectivity index (χ4v) is 1.45. The van der Waals surface area contributed by atoms with Gasteiger partial charge in [0.2, 0.25) is 0 Å². The van der Waals surface area contributed by atoms with Crippen LogP contribution in [0.25, 0.3) is 0 Å². The van der Waals surface area contributed by atoms with Gasteiger partial charge in [0, 0.05) is 0 Å². The quantitative estimate of drug-likeness (QED) is 0.641. The molecule has 0 amide bonds. The zero-order valence-electron chi connectivity index (χ0n) is 9.84. The van der Waals surface area contributed by atoms with Crippen LogP contribution in [-0.2, 0) is 0 Å². The summed E-state index contributed by atoms with van der Waals surface area (Å²) in [6.45, 7) is 0. The lowest BCUT2D eigenvalue weighted by molar-refractivity contribution is 1.33. The van der Waals surface area contributed by atoms with E-state index in [0.717, 1.165) is 12.2 Å². The van der Waals surface area contributed by atoms with Crippen LogP contribution in [0.15, 0.2) is 45.6 Å². The summed E-state index contributed by atoms with van der Waals surface area (Å²) in [5.74, 6) is 0. The molecule has 0 atom stereocenters. The van der Waals surface area contributed by atoms with Crippen LogP contribution >= 0.6 is 0 Å². The first-order valence-corrected chi connectivity index (χ1v) is 5.00. The third-order valence-corrected chi connectivity index (χ3v) is 2.36. The van der Waals surface area contributed by atoms with E-state index in [-0.39, 0.29) is 33.4 Å². The van der Waals surface area contributed by atoms with Crippen molar-refractivity contribution < 1.29 is 0 Å². The normalized spacial score (nSPS) is 26.3. The van der Waals surface area contributed by atoms with E-state index >= 15 is 0 Å². The predicted octanol–water partition coefficient (Wildman–Crippen LogP) is 1.59. The molecule has 88 valence electrons. The molecular formula is C14H2N6. The minimum Gasteiger partial charge on any atom is -0.192 e. The Morgan fingerprint density at radius 3 is 1.05 bits per heavy atom. The van der Waals surface area contributed by atoms with Gasteiger partial charge in [-0.1, -0.05) is 0 Å². The van der Waals surface area contributed by atoms with Crippen molar-refractivity contribution in [1.29, 1.82) is 31.6 Å². The topological polar surface area (TPSA) is 143 Å². The molecule has 0 heterocycles. The highest BCUT2D eigenvalue weighted by atomic mass is 14.4. The first-order valence-electron chi connectivity index (χ1n) is 5.00. The molecule has 0 radical (unpaired) electrons. The summed E-state index contributed by atoms with van der Waals surface area (Å²) in [6, 6.07) is 10.2. The highest BCUT2D eigenvalue weighted by molar-refractivity contribution is 5.70. The number of hydrogen-bond donors (Lipinski definition) is 0. The van der Waals surface area contributed by atoms with E-state index < -0.39 is 0 Å². The molecule has 6 heteroatoms. The average molecular weight is 254 g/mol. The maximum absolute atomic E-state index is 9.05. The zero-order valence-corrected chi connectivity index (χ0v) is 9.84. The van der Waals surface area contributed by atoms with Gasteiger partial charge in [-0.2, -0.15) is 31.6 Å². The molecule has 0 fully saturated rings. The number of hydrogen-bond acceptors (Lipinski definition) is 6. The molecule has 0 aliphatic heterocycles. The molecule has 0 aromatic carbocycles. The van der Waals surface area contributed by atoms with Gasteiger partial charge in [-0.25, -0.2) is 0 Å². The van der Waals surface area contributed by atoms with Crippen molar-refractivity contribution in [2.24, 2.45) is 0 Å². The number of rotatable bonds is 0. The van der Waals surface area contributed by atoms with Gasteiger partial charge in [0.05, 0.1) is 33.4 Å². The van der Waals surface area contributed by atoms with Gasteiger partial charge in [-0.15, -0.1) is 0 Å². The van der Waals surface area contributed by atoms with E-state index in [1.807, 2.05) is 0 Å². The Morgan fingerprint density at radius 1 is 0.500 bits per heavy atom. The second-order valence-electron chi connectivity index (χ2n) is 3.36. The Bertz CT molecular complexity index is 778. The molecule has 0 N–H and O–H groups in total. The van der Waals surface area contributed by atoms with Crippen LogP contribution in [0, 0.1) is 68.0 Å². The van der Waals surface area contributed by atoms with Crippen LogP contribution < -0.4 is 0 Å². The van der Waals surface area contributed by atoms with Gasteiger partial charge in [0.25, 0.3) is 0 Å². The van der Waals surface area contributed by atoms with Crippen LogP contribution in [0.1, 0.15) is 0 Å². The molecule has 0 spiro atoms. The van der Waals surface area contributed by atoms with Crippen LogP contribution in [0.2, 0.25) is 0 Å². The van der Waals surface area contributed by atoms with Crippen molar-refractivity contribution in [1.82, 2.24) is 0 Å². The minimum absolute atomic E-state index is 0.151. The van der Waals surface area contributed by atoms with Gasteiger partial charge in [-0.3, -0.25) is 0 Å². The van der Waals surface area contributed by atoms with E-state index in [1.54, 1.807) is 36.4 Å². The maximum Gasteiger partial charge on any atom is 0.102 e. The summed E-state index contributed by atoms with van der Waals surface area (Å²) < 4.78 is 0. The Morgan fingerprint density at radius 2 is 0.850 bits per heavy atom. The van der Waals surface area contributed by atoms with Crippen molar-refractivity contribution in [2.75, 3.05) is 0 Å². The van der Waals surface area contributed by atoms with Crippen molar-refractivity contribution in [3.05, 3.63) is 45.6 Å². The molecule has 20 heavy (non-hydrogen) atoms. The van der Waals surface area contributed by atoms with E-state index in [4.69, 9.17) is 31.6 Å². The molecule has 0 unspecified atom stereocenters. The van der Waals surface area contributed by atoms with Crippen LogP contribution in [0.3, 0.4) is 0 Å². The van der Waals surface area contributed by atoms with Gasteiger partial charge in [-0.05, 0) is 12.2 Å². The van der Waals surface area contributed by atoms with E-state index in [1.165, 1.54) is 0 Å². The van der Waals surface area contributed by atoms with E-state index in [0.29, 0.717) is 0 Å². The number of allylic oxidation sites excluding steroid dienone is 8. The molecule has 6 nitrogen and oxygen atoms in total. The van der Waals surface area contributed by atoms with Crippen LogP contribution in [-0.4, -0.2) is 0 Å². The Balaban J connectivity index is 3.97. The van der Waals surface area contributed by atoms with Crippen LogP contribution in [0.5, 0.6) is 0 Å². The fraction of sp³-hybridized carbons (Fsp3) is 0. The molecule has 1 aliphatic rings. The lowest BCUT2D eigenvalue weighted by atomic mass is 9.91. The number of nitrogens with zero attached hydrogens (tertiary/aromatic N) is 6. The Labute approximate surface area is 114 Å². The first kappa shape index (κ1) is 14.0. The van der Waals surface area contributed by atoms with Crippen molar-refractivity contribution >= 4 is 0 Å². The second-order valence-corrected chi connectivity index (χ2v) is 3.36. The summed E-state index contributed by atoms with van der Waals surface area (Å²) in [4.78, 5) is 0. The van der Waals surface area contributed by atoms with Crippen LogP contribution in [0.4, 0.5) is 0 Å². The lowest BCUT2D eigenvalue weighted by Crippen LogP contribution is -1.99. The Hall–Kier alpha value is -4.10. The summed E-state index contributed by atoms with van der Waals surface area (Å²) in [5.41, 5.74) is -1.38. The van der Waals surface area contributed by atoms with Gasteiger partial charge in [0.15, 0.2) is 0 Å². The summed E-state index contributed by atoms with van der Waals surface area (Å²) in [5, 5.41) is 54.1. The largest absolute Gasteiger partial charge is 0.192 e. The lowest BCUT2D eigenvalue weighted by Gasteiger charge is -2.05. The van der Waals surface area contributed by atoms with Crippen molar-refractivity contribution in [2.45, 2.75) is 0 Å². The SMILES string of the molecule is N#CC1=C(C#N)/C(C#N)=C(C#N)\C=C(C#N)/C(C#N)=C\1. The summed E-state index contributed by atoms with van der Waals surface area (Å²) in [6.07, 6.45) is 2.11.